The van der Waals surface area contributed by atoms with Crippen molar-refractivity contribution in [2.24, 2.45) is 5.73 Å². The van der Waals surface area contributed by atoms with Crippen LogP contribution in [0.4, 0.5) is 0 Å². The van der Waals surface area contributed by atoms with E-state index < -0.39 is 0 Å². The van der Waals surface area contributed by atoms with E-state index >= 15 is 0 Å². The number of benzene rings is 1. The van der Waals surface area contributed by atoms with E-state index in [4.69, 9.17) is 10.5 Å². The normalized spacial score (nSPS) is 11.0. The summed E-state index contributed by atoms with van der Waals surface area (Å²) in [5.74, 6) is 0.308. The van der Waals surface area contributed by atoms with Gasteiger partial charge < -0.3 is 15.6 Å². The lowest BCUT2D eigenvalue weighted by Crippen LogP contribution is -2.27. The van der Waals surface area contributed by atoms with Crippen LogP contribution in [0.15, 0.2) is 24.3 Å². The summed E-state index contributed by atoms with van der Waals surface area (Å²) in [6.45, 7) is 6.79. The molecule has 1 aromatic carbocycles. The maximum absolute atomic E-state index is 9.20. The van der Waals surface area contributed by atoms with Crippen LogP contribution in [0.25, 0.3) is 0 Å². The number of phenols is 1. The topological polar surface area (TPSA) is 58.7 Å². The van der Waals surface area contributed by atoms with Gasteiger partial charge >= 0.3 is 0 Å². The molecule has 0 aliphatic rings. The molecule has 1 rings (SSSR count). The van der Waals surface area contributed by atoms with Crippen molar-refractivity contribution in [3.63, 3.8) is 0 Å². The van der Waals surface area contributed by atoms with E-state index in [0.717, 1.165) is 19.6 Å². The van der Waals surface area contributed by atoms with Gasteiger partial charge in [-0.1, -0.05) is 19.1 Å². The lowest BCUT2D eigenvalue weighted by atomic mass is 10.2. The first-order chi connectivity index (χ1) is 8.26. The van der Waals surface area contributed by atoms with E-state index in [9.17, 15) is 5.11 Å². The van der Waals surface area contributed by atoms with Crippen molar-refractivity contribution in [2.45, 2.75) is 13.5 Å². The Morgan fingerprint density at radius 3 is 2.53 bits per heavy atom. The molecule has 0 saturated heterocycles. The maximum Gasteiger partial charge on any atom is 0.115 e. The van der Waals surface area contributed by atoms with E-state index in [2.05, 4.69) is 11.8 Å². The zero-order valence-electron chi connectivity index (χ0n) is 10.4. The zero-order valence-corrected chi connectivity index (χ0v) is 10.4. The number of likely N-dealkylation sites (N-methyl/N-ethyl adjacent to an activating group) is 1. The van der Waals surface area contributed by atoms with Crippen LogP contribution >= 0.6 is 0 Å². The summed E-state index contributed by atoms with van der Waals surface area (Å²) < 4.78 is 5.37. The Morgan fingerprint density at radius 2 is 1.94 bits per heavy atom. The molecule has 0 bridgehead atoms. The van der Waals surface area contributed by atoms with Crippen molar-refractivity contribution in [3.8, 4) is 5.75 Å². The lowest BCUT2D eigenvalue weighted by Gasteiger charge is -2.20. The summed E-state index contributed by atoms with van der Waals surface area (Å²) in [7, 11) is 0. The molecule has 1 aromatic rings. The van der Waals surface area contributed by atoms with Crippen molar-refractivity contribution in [1.82, 2.24) is 4.90 Å². The molecule has 4 heteroatoms. The number of ether oxygens (including phenoxy) is 1. The van der Waals surface area contributed by atoms with Gasteiger partial charge in [0, 0.05) is 19.6 Å². The van der Waals surface area contributed by atoms with Crippen LogP contribution in [0, 0.1) is 0 Å². The third kappa shape index (κ3) is 5.68. The Kier molecular flexibility index (Phi) is 6.62. The predicted octanol–water partition coefficient (Wildman–Crippen LogP) is 1.19. The maximum atomic E-state index is 9.20. The van der Waals surface area contributed by atoms with E-state index in [1.807, 2.05) is 12.1 Å². The first kappa shape index (κ1) is 14.0. The van der Waals surface area contributed by atoms with Crippen LogP contribution in [0.3, 0.4) is 0 Å². The number of hydrogen-bond acceptors (Lipinski definition) is 4. The second kappa shape index (κ2) is 8.06. The number of nitrogens with two attached hydrogens (primary N) is 1. The molecule has 17 heavy (non-hydrogen) atoms. The van der Waals surface area contributed by atoms with Crippen molar-refractivity contribution in [1.29, 1.82) is 0 Å². The largest absolute Gasteiger partial charge is 0.508 e. The highest BCUT2D eigenvalue weighted by atomic mass is 16.5. The third-order valence-electron chi connectivity index (χ3n) is 2.60. The monoisotopic (exact) mass is 238 g/mol. The molecule has 96 valence electrons. The molecule has 0 radical (unpaired) electrons. The molecule has 3 N–H and O–H groups in total. The van der Waals surface area contributed by atoms with Gasteiger partial charge in [-0.2, -0.15) is 0 Å². The summed E-state index contributed by atoms with van der Waals surface area (Å²) in [5.41, 5.74) is 6.55. The molecule has 0 spiro atoms. The summed E-state index contributed by atoms with van der Waals surface area (Å²) in [4.78, 5) is 2.29. The van der Waals surface area contributed by atoms with Gasteiger partial charge in [0.2, 0.25) is 0 Å². The molecule has 0 aliphatic carbocycles. The van der Waals surface area contributed by atoms with E-state index in [1.54, 1.807) is 12.1 Å². The van der Waals surface area contributed by atoms with Crippen LogP contribution < -0.4 is 5.73 Å². The van der Waals surface area contributed by atoms with Gasteiger partial charge in [0.25, 0.3) is 0 Å². The highest BCUT2D eigenvalue weighted by molar-refractivity contribution is 5.25. The summed E-state index contributed by atoms with van der Waals surface area (Å²) >= 11 is 0. The highest BCUT2D eigenvalue weighted by Gasteiger charge is 2.03. The smallest absolute Gasteiger partial charge is 0.115 e. The molecule has 0 heterocycles. The molecule has 0 amide bonds. The molecular formula is C13H22N2O2. The molecule has 0 aliphatic heterocycles. The Hall–Kier alpha value is -1.10. The average Bonchev–Trinajstić information content (AvgIpc) is 2.35. The van der Waals surface area contributed by atoms with E-state index in [0.29, 0.717) is 25.5 Å². The van der Waals surface area contributed by atoms with Crippen LogP contribution in [0.1, 0.15) is 12.5 Å². The van der Waals surface area contributed by atoms with Gasteiger partial charge in [-0.3, -0.25) is 4.90 Å². The third-order valence-corrected chi connectivity index (χ3v) is 2.60. The summed E-state index contributed by atoms with van der Waals surface area (Å²) in [6.07, 6.45) is 0. The van der Waals surface area contributed by atoms with E-state index in [1.165, 1.54) is 5.56 Å². The Morgan fingerprint density at radius 1 is 1.24 bits per heavy atom. The minimum absolute atomic E-state index is 0.308. The van der Waals surface area contributed by atoms with E-state index in [-0.39, 0.29) is 0 Å². The van der Waals surface area contributed by atoms with Gasteiger partial charge in [0.05, 0.1) is 13.2 Å². The fourth-order valence-corrected chi connectivity index (χ4v) is 1.59. The first-order valence-electron chi connectivity index (χ1n) is 6.04. The molecule has 0 fully saturated rings. The minimum atomic E-state index is 0.308. The first-order valence-corrected chi connectivity index (χ1v) is 6.04. The molecule has 0 atom stereocenters. The Labute approximate surface area is 103 Å². The molecular weight excluding hydrogens is 216 g/mol. The number of hydrogen-bond donors (Lipinski definition) is 2. The van der Waals surface area contributed by atoms with Gasteiger partial charge in [0.15, 0.2) is 0 Å². The lowest BCUT2D eigenvalue weighted by molar-refractivity contribution is 0.108. The minimum Gasteiger partial charge on any atom is -0.508 e. The Bertz CT molecular complexity index is 301. The number of phenolic OH excluding ortho intramolecular Hbond substituents is 1. The second-order valence-electron chi connectivity index (χ2n) is 3.94. The molecule has 4 nitrogen and oxygen atoms in total. The number of aromatic hydroxyl groups is 1. The van der Waals surface area contributed by atoms with Crippen LogP contribution in [-0.4, -0.2) is 42.9 Å². The average molecular weight is 238 g/mol. The SMILES string of the molecule is CCN(CCOCCN)Cc1ccc(O)cc1. The highest BCUT2D eigenvalue weighted by Crippen LogP contribution is 2.11. The van der Waals surface area contributed by atoms with Crippen LogP contribution in [-0.2, 0) is 11.3 Å². The van der Waals surface area contributed by atoms with Crippen molar-refractivity contribution >= 4 is 0 Å². The number of nitrogens with zero attached hydrogens (tertiary/aromatic N) is 1. The fraction of sp³-hybridized carbons (Fsp3) is 0.538. The van der Waals surface area contributed by atoms with Gasteiger partial charge in [-0.25, -0.2) is 0 Å². The zero-order chi connectivity index (χ0) is 12.5. The summed E-state index contributed by atoms with van der Waals surface area (Å²) in [5, 5.41) is 9.20. The molecule has 0 aromatic heterocycles. The van der Waals surface area contributed by atoms with Gasteiger partial charge in [0.1, 0.15) is 5.75 Å². The van der Waals surface area contributed by atoms with Crippen molar-refractivity contribution in [2.75, 3.05) is 32.8 Å². The van der Waals surface area contributed by atoms with Gasteiger partial charge in [-0.15, -0.1) is 0 Å². The molecule has 0 unspecified atom stereocenters. The Balaban J connectivity index is 2.33. The molecule has 0 saturated carbocycles. The standard InChI is InChI=1S/C13H22N2O2/c1-2-15(8-10-17-9-7-14)11-12-3-5-13(16)6-4-12/h3-6,16H,2,7-11,14H2,1H3. The number of rotatable bonds is 8. The van der Waals surface area contributed by atoms with Crippen molar-refractivity contribution < 1.29 is 9.84 Å². The van der Waals surface area contributed by atoms with Crippen LogP contribution in [0.5, 0.6) is 5.75 Å². The van der Waals surface area contributed by atoms with Gasteiger partial charge in [-0.05, 0) is 24.2 Å². The quantitative estimate of drug-likeness (QED) is 0.668. The predicted molar refractivity (Wildman–Crippen MR) is 68.9 cm³/mol. The summed E-state index contributed by atoms with van der Waals surface area (Å²) in [6, 6.07) is 7.32. The second-order valence-corrected chi connectivity index (χ2v) is 3.94. The fourth-order valence-electron chi connectivity index (χ4n) is 1.59. The van der Waals surface area contributed by atoms with Crippen molar-refractivity contribution in [3.05, 3.63) is 29.8 Å². The van der Waals surface area contributed by atoms with Crippen LogP contribution in [0.2, 0.25) is 0 Å².